The van der Waals surface area contributed by atoms with E-state index in [0.29, 0.717) is 13.1 Å². The Kier molecular flexibility index (Phi) is 2.58. The minimum Gasteiger partial charge on any atom is -0.352 e. The number of halogens is 2. The summed E-state index contributed by atoms with van der Waals surface area (Å²) < 4.78 is 26.0. The van der Waals surface area contributed by atoms with E-state index in [9.17, 15) is 8.78 Å². The molecule has 0 aromatic carbocycles. The Hall–Kier alpha value is -1.23. The van der Waals surface area contributed by atoms with Crippen molar-refractivity contribution in [3.05, 3.63) is 23.9 Å². The molecule has 5 heteroatoms. The predicted molar refractivity (Wildman–Crippen MR) is 49.2 cm³/mol. The average Bonchev–Trinajstić information content (AvgIpc) is 2.23. The van der Waals surface area contributed by atoms with Crippen LogP contribution in [0.25, 0.3) is 0 Å². The quantitative estimate of drug-likeness (QED) is 0.677. The lowest BCUT2D eigenvalue weighted by Gasteiger charge is -2.28. The molecule has 0 unspecified atom stereocenters. The van der Waals surface area contributed by atoms with Crippen LogP contribution in [-0.4, -0.2) is 31.2 Å². The van der Waals surface area contributed by atoms with E-state index >= 15 is 0 Å². The molecule has 1 aromatic heterocycles. The molecule has 76 valence electrons. The number of hydrogen-bond donors (Lipinski definition) is 1. The summed E-state index contributed by atoms with van der Waals surface area (Å²) in [7, 11) is 0. The first kappa shape index (κ1) is 9.33. The normalized spacial score (nSPS) is 17.1. The van der Waals surface area contributed by atoms with Crippen LogP contribution in [0, 0.1) is 11.8 Å². The molecule has 0 bridgehead atoms. The lowest BCUT2D eigenvalue weighted by molar-refractivity contribution is 0.532. The van der Waals surface area contributed by atoms with Crippen LogP contribution < -0.4 is 10.2 Å². The van der Waals surface area contributed by atoms with Gasteiger partial charge in [-0.05, 0) is 12.1 Å². The van der Waals surface area contributed by atoms with Gasteiger partial charge in [0.2, 0.25) is 5.95 Å². The molecule has 2 heterocycles. The largest absolute Gasteiger partial charge is 0.352 e. The highest BCUT2D eigenvalue weighted by Gasteiger charge is 2.16. The topological polar surface area (TPSA) is 28.2 Å². The zero-order valence-electron chi connectivity index (χ0n) is 7.63. The maximum atomic E-state index is 13.3. The molecule has 1 fully saturated rings. The second-order valence-electron chi connectivity index (χ2n) is 3.18. The highest BCUT2D eigenvalue weighted by Crippen LogP contribution is 2.16. The number of nitrogens with one attached hydrogen (secondary N) is 1. The molecule has 1 saturated heterocycles. The van der Waals surface area contributed by atoms with Crippen LogP contribution in [0.1, 0.15) is 0 Å². The molecule has 1 N–H and O–H groups in total. The van der Waals surface area contributed by atoms with Gasteiger partial charge in [0.15, 0.2) is 11.6 Å². The van der Waals surface area contributed by atoms with Crippen molar-refractivity contribution in [2.24, 2.45) is 0 Å². The first-order valence-electron chi connectivity index (χ1n) is 4.55. The number of nitrogens with zero attached hydrogens (tertiary/aromatic N) is 2. The van der Waals surface area contributed by atoms with E-state index in [1.54, 1.807) is 4.90 Å². The van der Waals surface area contributed by atoms with Crippen molar-refractivity contribution in [1.29, 1.82) is 0 Å². The van der Waals surface area contributed by atoms with Gasteiger partial charge in [-0.1, -0.05) is 0 Å². The molecule has 2 rings (SSSR count). The van der Waals surface area contributed by atoms with Crippen LogP contribution >= 0.6 is 0 Å². The van der Waals surface area contributed by atoms with Gasteiger partial charge in [0.1, 0.15) is 0 Å². The third-order valence-electron chi connectivity index (χ3n) is 2.21. The van der Waals surface area contributed by atoms with E-state index in [2.05, 4.69) is 10.3 Å². The van der Waals surface area contributed by atoms with E-state index in [1.165, 1.54) is 0 Å². The van der Waals surface area contributed by atoms with Crippen molar-refractivity contribution in [1.82, 2.24) is 10.3 Å². The van der Waals surface area contributed by atoms with Crippen LogP contribution in [0.3, 0.4) is 0 Å². The lowest BCUT2D eigenvalue weighted by atomic mass is 10.3. The predicted octanol–water partition coefficient (Wildman–Crippen LogP) is 0.769. The Morgan fingerprint density at radius 2 is 1.93 bits per heavy atom. The minimum absolute atomic E-state index is 0.117. The summed E-state index contributed by atoms with van der Waals surface area (Å²) in [5, 5.41) is 3.13. The fourth-order valence-electron chi connectivity index (χ4n) is 1.51. The Bertz CT molecular complexity index is 324. The number of aromatic nitrogens is 1. The molecule has 1 aliphatic rings. The van der Waals surface area contributed by atoms with Crippen molar-refractivity contribution in [2.45, 2.75) is 0 Å². The highest BCUT2D eigenvalue weighted by molar-refractivity contribution is 5.40. The van der Waals surface area contributed by atoms with E-state index in [-0.39, 0.29) is 5.82 Å². The van der Waals surface area contributed by atoms with Gasteiger partial charge in [-0.15, -0.1) is 0 Å². The summed E-state index contributed by atoms with van der Waals surface area (Å²) in [5.41, 5.74) is 0. The summed E-state index contributed by atoms with van der Waals surface area (Å²) in [5.74, 6) is -0.986. The fraction of sp³-hybridized carbons (Fsp3) is 0.444. The summed E-state index contributed by atoms with van der Waals surface area (Å²) >= 11 is 0. The van der Waals surface area contributed by atoms with Gasteiger partial charge in [0.25, 0.3) is 0 Å². The third-order valence-corrected chi connectivity index (χ3v) is 2.21. The van der Waals surface area contributed by atoms with Crippen LogP contribution in [0.5, 0.6) is 0 Å². The zero-order chi connectivity index (χ0) is 9.97. The molecule has 1 aliphatic heterocycles. The smallest absolute Gasteiger partial charge is 0.214 e. The molecule has 0 amide bonds. The first-order chi connectivity index (χ1) is 6.77. The molecule has 0 atom stereocenters. The van der Waals surface area contributed by atoms with Gasteiger partial charge >= 0.3 is 0 Å². The molecule has 0 radical (unpaired) electrons. The molecular weight excluding hydrogens is 188 g/mol. The van der Waals surface area contributed by atoms with Crippen molar-refractivity contribution in [3.63, 3.8) is 0 Å². The number of rotatable bonds is 1. The van der Waals surface area contributed by atoms with Gasteiger partial charge in [-0.2, -0.15) is 9.37 Å². The van der Waals surface area contributed by atoms with Crippen LogP contribution in [0.4, 0.5) is 14.6 Å². The molecule has 0 aliphatic carbocycles. The molecule has 1 aromatic rings. The van der Waals surface area contributed by atoms with Gasteiger partial charge in [0, 0.05) is 26.2 Å². The highest BCUT2D eigenvalue weighted by atomic mass is 19.1. The Labute approximate surface area is 80.7 Å². The Balaban J connectivity index is 2.24. The van der Waals surface area contributed by atoms with Crippen molar-refractivity contribution >= 4 is 5.82 Å². The van der Waals surface area contributed by atoms with E-state index < -0.39 is 11.8 Å². The van der Waals surface area contributed by atoms with Gasteiger partial charge in [-0.25, -0.2) is 4.39 Å². The van der Waals surface area contributed by atoms with Crippen LogP contribution in [-0.2, 0) is 0 Å². The third kappa shape index (κ3) is 1.82. The van der Waals surface area contributed by atoms with Crippen LogP contribution in [0.2, 0.25) is 0 Å². The van der Waals surface area contributed by atoms with Crippen LogP contribution in [0.15, 0.2) is 12.1 Å². The maximum Gasteiger partial charge on any atom is 0.214 e. The first-order valence-corrected chi connectivity index (χ1v) is 4.55. The second-order valence-corrected chi connectivity index (χ2v) is 3.18. The number of anilines is 1. The average molecular weight is 199 g/mol. The van der Waals surface area contributed by atoms with Crippen molar-refractivity contribution in [3.8, 4) is 0 Å². The van der Waals surface area contributed by atoms with Gasteiger partial charge in [0.05, 0.1) is 0 Å². The van der Waals surface area contributed by atoms with E-state index in [4.69, 9.17) is 0 Å². The molecule has 0 saturated carbocycles. The fourth-order valence-corrected chi connectivity index (χ4v) is 1.51. The van der Waals surface area contributed by atoms with Gasteiger partial charge in [-0.3, -0.25) is 0 Å². The molecule has 14 heavy (non-hydrogen) atoms. The summed E-state index contributed by atoms with van der Waals surface area (Å²) in [6.45, 7) is 2.87. The summed E-state index contributed by atoms with van der Waals surface area (Å²) in [4.78, 5) is 5.30. The minimum atomic E-state index is -0.639. The van der Waals surface area contributed by atoms with Gasteiger partial charge < -0.3 is 10.2 Å². The van der Waals surface area contributed by atoms with E-state index in [0.717, 1.165) is 25.2 Å². The monoisotopic (exact) mass is 199 g/mol. The van der Waals surface area contributed by atoms with Crippen molar-refractivity contribution in [2.75, 3.05) is 31.1 Å². The Morgan fingerprint density at radius 1 is 1.21 bits per heavy atom. The number of piperazine rings is 1. The number of hydrogen-bond acceptors (Lipinski definition) is 3. The van der Waals surface area contributed by atoms with E-state index in [1.807, 2.05) is 0 Å². The molecule has 0 spiro atoms. The summed E-state index contributed by atoms with van der Waals surface area (Å²) in [6, 6.07) is 2.14. The maximum absolute atomic E-state index is 13.3. The van der Waals surface area contributed by atoms with Crippen molar-refractivity contribution < 1.29 is 8.78 Å². The zero-order valence-corrected chi connectivity index (χ0v) is 7.63. The molecule has 3 nitrogen and oxygen atoms in total. The second kappa shape index (κ2) is 3.88. The summed E-state index contributed by atoms with van der Waals surface area (Å²) in [6.07, 6.45) is 0. The Morgan fingerprint density at radius 3 is 2.64 bits per heavy atom. The lowest BCUT2D eigenvalue weighted by Crippen LogP contribution is -2.44. The number of pyridine rings is 1. The SMILES string of the molecule is Fc1ccc(F)c(N2CCNCC2)n1. The standard InChI is InChI=1S/C9H11F2N3/c10-7-1-2-8(11)13-9(7)14-5-3-12-4-6-14/h1-2,12H,3-6H2. The molecular formula is C9H11F2N3.